The van der Waals surface area contributed by atoms with Crippen molar-refractivity contribution in [1.29, 1.82) is 0 Å². The zero-order chi connectivity index (χ0) is 20.3. The molecule has 0 aliphatic carbocycles. The van der Waals surface area contributed by atoms with Crippen LogP contribution in [0.1, 0.15) is 13.8 Å². The smallest absolute Gasteiger partial charge is 0.308 e. The fourth-order valence-electron chi connectivity index (χ4n) is 2.48. The standard InChI is InChI=1S/C20H16O8/c1-11(21)25-15-8-17(26-12(2)22)20-16(23)10-19(28-18(20)9-15)27-14-6-4-13(24-3)5-7-14/h4-10H,1-3H3. The summed E-state index contributed by atoms with van der Waals surface area (Å²) in [5, 5.41) is 0.0215. The Morgan fingerprint density at radius 1 is 0.857 bits per heavy atom. The van der Waals surface area contributed by atoms with Crippen LogP contribution in [0.25, 0.3) is 11.0 Å². The van der Waals surface area contributed by atoms with E-state index in [1.165, 1.54) is 26.0 Å². The van der Waals surface area contributed by atoms with Crippen LogP contribution in [0.15, 0.2) is 51.7 Å². The van der Waals surface area contributed by atoms with Crippen molar-refractivity contribution < 1.29 is 33.0 Å². The molecule has 3 rings (SSSR count). The molecule has 2 aromatic carbocycles. The lowest BCUT2D eigenvalue weighted by Crippen LogP contribution is -2.09. The van der Waals surface area contributed by atoms with E-state index in [0.29, 0.717) is 11.5 Å². The van der Waals surface area contributed by atoms with Gasteiger partial charge in [-0.1, -0.05) is 0 Å². The van der Waals surface area contributed by atoms with Crippen molar-refractivity contribution >= 4 is 22.9 Å². The molecular weight excluding hydrogens is 368 g/mol. The van der Waals surface area contributed by atoms with Gasteiger partial charge in [-0.25, -0.2) is 0 Å². The monoisotopic (exact) mass is 384 g/mol. The number of benzene rings is 2. The van der Waals surface area contributed by atoms with E-state index in [-0.39, 0.29) is 28.4 Å². The van der Waals surface area contributed by atoms with Gasteiger partial charge < -0.3 is 23.4 Å². The van der Waals surface area contributed by atoms with Crippen LogP contribution in [-0.2, 0) is 9.59 Å². The lowest BCUT2D eigenvalue weighted by molar-refractivity contribution is -0.132. The third-order valence-corrected chi connectivity index (χ3v) is 3.54. The van der Waals surface area contributed by atoms with Crippen LogP contribution in [0.2, 0.25) is 0 Å². The Kier molecular flexibility index (Phi) is 5.30. The van der Waals surface area contributed by atoms with E-state index in [9.17, 15) is 14.4 Å². The number of carbonyl (C=O) groups excluding carboxylic acids is 2. The average molecular weight is 384 g/mol. The topological polar surface area (TPSA) is 101 Å². The molecule has 0 saturated heterocycles. The van der Waals surface area contributed by atoms with Crippen molar-refractivity contribution in [2.24, 2.45) is 0 Å². The first-order chi connectivity index (χ1) is 13.4. The van der Waals surface area contributed by atoms with E-state index in [4.69, 9.17) is 23.4 Å². The van der Waals surface area contributed by atoms with Crippen molar-refractivity contribution in [3.63, 3.8) is 0 Å². The van der Waals surface area contributed by atoms with Gasteiger partial charge in [0, 0.05) is 26.0 Å². The minimum atomic E-state index is -0.640. The number of hydrogen-bond donors (Lipinski definition) is 0. The fourth-order valence-corrected chi connectivity index (χ4v) is 2.48. The van der Waals surface area contributed by atoms with E-state index in [1.54, 1.807) is 31.4 Å². The fraction of sp³-hybridized carbons (Fsp3) is 0.150. The number of esters is 2. The lowest BCUT2D eigenvalue weighted by Gasteiger charge is -2.10. The van der Waals surface area contributed by atoms with E-state index in [2.05, 4.69) is 0 Å². The summed E-state index contributed by atoms with van der Waals surface area (Å²) in [7, 11) is 1.54. The number of carbonyl (C=O) groups is 2. The minimum absolute atomic E-state index is 0.0215. The Hall–Kier alpha value is -3.81. The van der Waals surface area contributed by atoms with Gasteiger partial charge in [-0.2, -0.15) is 0 Å². The molecule has 0 unspecified atom stereocenters. The van der Waals surface area contributed by atoms with Crippen molar-refractivity contribution in [1.82, 2.24) is 0 Å². The third-order valence-electron chi connectivity index (χ3n) is 3.54. The van der Waals surface area contributed by atoms with Gasteiger partial charge in [0.15, 0.2) is 5.43 Å². The summed E-state index contributed by atoms with van der Waals surface area (Å²) >= 11 is 0. The molecule has 8 nitrogen and oxygen atoms in total. The number of fused-ring (bicyclic) bond motifs is 1. The van der Waals surface area contributed by atoms with E-state index < -0.39 is 17.4 Å². The highest BCUT2D eigenvalue weighted by Gasteiger charge is 2.16. The first-order valence-electron chi connectivity index (χ1n) is 8.16. The zero-order valence-electron chi connectivity index (χ0n) is 15.3. The molecule has 144 valence electrons. The maximum absolute atomic E-state index is 12.6. The Morgan fingerprint density at radius 3 is 2.11 bits per heavy atom. The average Bonchev–Trinajstić information content (AvgIpc) is 2.60. The number of methoxy groups -OCH3 is 1. The van der Waals surface area contributed by atoms with Gasteiger partial charge in [0.2, 0.25) is 0 Å². The predicted octanol–water partition coefficient (Wildman–Crippen LogP) is 3.44. The first kappa shape index (κ1) is 19.0. The summed E-state index contributed by atoms with van der Waals surface area (Å²) in [6, 6.07) is 10.4. The number of rotatable bonds is 5. The zero-order valence-corrected chi connectivity index (χ0v) is 15.3. The van der Waals surface area contributed by atoms with Crippen molar-refractivity contribution in [2.45, 2.75) is 13.8 Å². The van der Waals surface area contributed by atoms with Crippen LogP contribution in [0.4, 0.5) is 0 Å². The Morgan fingerprint density at radius 2 is 1.50 bits per heavy atom. The molecule has 0 aliphatic rings. The molecule has 0 amide bonds. The highest BCUT2D eigenvalue weighted by molar-refractivity contribution is 5.88. The molecule has 0 aliphatic heterocycles. The molecule has 0 N–H and O–H groups in total. The van der Waals surface area contributed by atoms with Crippen LogP contribution in [0.3, 0.4) is 0 Å². The van der Waals surface area contributed by atoms with Gasteiger partial charge >= 0.3 is 11.9 Å². The molecule has 8 heteroatoms. The summed E-state index contributed by atoms with van der Waals surface area (Å²) < 4.78 is 26.3. The molecular formula is C20H16O8. The van der Waals surface area contributed by atoms with Gasteiger partial charge in [-0.05, 0) is 24.3 Å². The van der Waals surface area contributed by atoms with E-state index in [0.717, 1.165) is 6.07 Å². The Balaban J connectivity index is 2.07. The first-order valence-corrected chi connectivity index (χ1v) is 8.16. The number of ether oxygens (including phenoxy) is 4. The second-order valence-electron chi connectivity index (χ2n) is 5.69. The highest BCUT2D eigenvalue weighted by atomic mass is 16.6. The van der Waals surface area contributed by atoms with Crippen LogP contribution >= 0.6 is 0 Å². The molecule has 0 radical (unpaired) electrons. The second-order valence-corrected chi connectivity index (χ2v) is 5.69. The normalized spacial score (nSPS) is 10.4. The molecule has 3 aromatic rings. The maximum atomic E-state index is 12.6. The molecule has 0 fully saturated rings. The highest BCUT2D eigenvalue weighted by Crippen LogP contribution is 2.33. The molecule has 28 heavy (non-hydrogen) atoms. The summed E-state index contributed by atoms with van der Waals surface area (Å²) in [5.74, 6) is -0.271. The molecule has 0 saturated carbocycles. The summed E-state index contributed by atoms with van der Waals surface area (Å²) in [6.07, 6.45) is 0. The minimum Gasteiger partial charge on any atom is -0.497 e. The third kappa shape index (κ3) is 4.29. The Bertz CT molecular complexity index is 1100. The second kappa shape index (κ2) is 7.83. The van der Waals surface area contributed by atoms with Crippen molar-refractivity contribution in [2.75, 3.05) is 7.11 Å². The molecule has 1 heterocycles. The molecule has 0 bridgehead atoms. The largest absolute Gasteiger partial charge is 0.497 e. The van der Waals surface area contributed by atoms with E-state index >= 15 is 0 Å². The molecule has 0 atom stereocenters. The summed E-state index contributed by atoms with van der Waals surface area (Å²) in [5.41, 5.74) is -0.457. The van der Waals surface area contributed by atoms with Gasteiger partial charge in [0.1, 0.15) is 34.0 Å². The SMILES string of the molecule is COc1ccc(Oc2cc(=O)c3c(OC(C)=O)cc(OC(C)=O)cc3o2)cc1. The summed E-state index contributed by atoms with van der Waals surface area (Å²) in [4.78, 5) is 35.2. The maximum Gasteiger partial charge on any atom is 0.308 e. The predicted molar refractivity (Wildman–Crippen MR) is 98.2 cm³/mol. The van der Waals surface area contributed by atoms with Crippen molar-refractivity contribution in [3.05, 3.63) is 52.7 Å². The molecule has 1 aromatic heterocycles. The summed E-state index contributed by atoms with van der Waals surface area (Å²) in [6.45, 7) is 2.40. The molecule has 0 spiro atoms. The van der Waals surface area contributed by atoms with Gasteiger partial charge in [-0.15, -0.1) is 0 Å². The van der Waals surface area contributed by atoms with E-state index in [1.807, 2.05) is 0 Å². The quantitative estimate of drug-likeness (QED) is 0.487. The van der Waals surface area contributed by atoms with Gasteiger partial charge in [0.05, 0.1) is 13.2 Å². The Labute approximate surface area is 159 Å². The van der Waals surface area contributed by atoms with Crippen LogP contribution in [0.5, 0.6) is 28.9 Å². The lowest BCUT2D eigenvalue weighted by atomic mass is 10.2. The van der Waals surface area contributed by atoms with Crippen LogP contribution in [-0.4, -0.2) is 19.0 Å². The van der Waals surface area contributed by atoms with Crippen LogP contribution in [0, 0.1) is 0 Å². The van der Waals surface area contributed by atoms with Crippen LogP contribution < -0.4 is 24.4 Å². The van der Waals surface area contributed by atoms with Crippen molar-refractivity contribution in [3.8, 4) is 28.9 Å². The van der Waals surface area contributed by atoms with Gasteiger partial charge in [-0.3, -0.25) is 14.4 Å². The number of hydrogen-bond acceptors (Lipinski definition) is 8. The van der Waals surface area contributed by atoms with Gasteiger partial charge in [0.25, 0.3) is 5.95 Å².